The number of nitrogens with zero attached hydrogens (tertiary/aromatic N) is 1. The number of aromatic nitrogens is 1. The van der Waals surface area contributed by atoms with Crippen LogP contribution in [0, 0.1) is 0 Å². The topological polar surface area (TPSA) is 102 Å². The molecule has 0 bridgehead atoms. The van der Waals surface area contributed by atoms with E-state index in [-0.39, 0.29) is 10.8 Å². The molecule has 6 nitrogen and oxygen atoms in total. The maximum Gasteiger partial charge on any atom is 0.267 e. The third-order valence-electron chi connectivity index (χ3n) is 2.65. The van der Waals surface area contributed by atoms with Gasteiger partial charge in [0.2, 0.25) is 10.0 Å². The molecule has 3 rings (SSSR count). The zero-order chi connectivity index (χ0) is 15.0. The Hall–Kier alpha value is -1.81. The lowest BCUT2D eigenvalue weighted by Crippen LogP contribution is -2.11. The fourth-order valence-corrected chi connectivity index (χ4v) is 3.84. The zero-order valence-corrected chi connectivity index (χ0v) is 12.9. The standard InChI is InChI=1S/C12H9N3O3S3/c13-21(17,18)7-3-4-8-10(6-7)20-12(14-8)15-11(16)9-2-1-5-19-9/h1-6H,(H2,13,17,18)(H,14,15,16). The summed E-state index contributed by atoms with van der Waals surface area (Å²) in [6, 6.07) is 7.90. The van der Waals surface area contributed by atoms with Crippen molar-refractivity contribution in [2.24, 2.45) is 5.14 Å². The van der Waals surface area contributed by atoms with Gasteiger partial charge in [-0.3, -0.25) is 10.1 Å². The molecule has 0 saturated heterocycles. The summed E-state index contributed by atoms with van der Waals surface area (Å²) < 4.78 is 23.3. The number of amides is 1. The van der Waals surface area contributed by atoms with Gasteiger partial charge in [0.1, 0.15) is 0 Å². The highest BCUT2D eigenvalue weighted by molar-refractivity contribution is 7.89. The van der Waals surface area contributed by atoms with Crippen molar-refractivity contribution >= 4 is 54.0 Å². The Labute approximate surface area is 128 Å². The van der Waals surface area contributed by atoms with Crippen molar-refractivity contribution < 1.29 is 13.2 Å². The van der Waals surface area contributed by atoms with Crippen LogP contribution in [0.3, 0.4) is 0 Å². The fraction of sp³-hybridized carbons (Fsp3) is 0. The van der Waals surface area contributed by atoms with Crippen LogP contribution in [0.1, 0.15) is 9.67 Å². The van der Waals surface area contributed by atoms with Gasteiger partial charge in [-0.05, 0) is 29.6 Å². The average Bonchev–Trinajstić information content (AvgIpc) is 3.05. The van der Waals surface area contributed by atoms with Crippen molar-refractivity contribution in [1.82, 2.24) is 4.98 Å². The molecule has 0 atom stereocenters. The molecular formula is C12H9N3O3S3. The van der Waals surface area contributed by atoms with E-state index < -0.39 is 10.0 Å². The summed E-state index contributed by atoms with van der Waals surface area (Å²) in [4.78, 5) is 16.8. The van der Waals surface area contributed by atoms with Crippen LogP contribution in [0.5, 0.6) is 0 Å². The number of thiophene rings is 1. The third-order valence-corrected chi connectivity index (χ3v) is 5.37. The second-order valence-corrected chi connectivity index (χ2v) is 7.66. The summed E-state index contributed by atoms with van der Waals surface area (Å²) in [5.41, 5.74) is 0.605. The quantitative estimate of drug-likeness (QED) is 0.764. The van der Waals surface area contributed by atoms with Crippen molar-refractivity contribution in [1.29, 1.82) is 0 Å². The Morgan fingerprint density at radius 3 is 2.76 bits per heavy atom. The Balaban J connectivity index is 1.93. The molecule has 2 heterocycles. The molecule has 2 aromatic heterocycles. The van der Waals surface area contributed by atoms with Crippen LogP contribution < -0.4 is 10.5 Å². The van der Waals surface area contributed by atoms with Gasteiger partial charge in [-0.25, -0.2) is 18.5 Å². The molecule has 0 aliphatic rings. The van der Waals surface area contributed by atoms with Gasteiger partial charge < -0.3 is 0 Å². The minimum absolute atomic E-state index is 0.0229. The van der Waals surface area contributed by atoms with Crippen LogP contribution in [0.25, 0.3) is 10.2 Å². The van der Waals surface area contributed by atoms with E-state index in [0.717, 1.165) is 0 Å². The minimum atomic E-state index is -3.75. The maximum absolute atomic E-state index is 11.9. The number of nitrogens with one attached hydrogen (secondary N) is 1. The number of rotatable bonds is 3. The second kappa shape index (κ2) is 5.19. The van der Waals surface area contributed by atoms with Crippen LogP contribution in [0.15, 0.2) is 40.6 Å². The molecule has 108 valence electrons. The summed E-state index contributed by atoms with van der Waals surface area (Å²) in [7, 11) is -3.75. The number of sulfonamides is 1. The molecule has 1 aromatic carbocycles. The molecule has 0 fully saturated rings. The van der Waals surface area contributed by atoms with Crippen LogP contribution in [-0.4, -0.2) is 19.3 Å². The van der Waals surface area contributed by atoms with Crippen molar-refractivity contribution in [3.05, 3.63) is 40.6 Å². The maximum atomic E-state index is 11.9. The average molecular weight is 339 g/mol. The van der Waals surface area contributed by atoms with Gasteiger partial charge in [-0.1, -0.05) is 17.4 Å². The summed E-state index contributed by atoms with van der Waals surface area (Å²) in [6.45, 7) is 0. The van der Waals surface area contributed by atoms with Crippen molar-refractivity contribution in [2.75, 3.05) is 5.32 Å². The Morgan fingerprint density at radius 2 is 2.10 bits per heavy atom. The Bertz CT molecular complexity index is 914. The van der Waals surface area contributed by atoms with E-state index in [2.05, 4.69) is 10.3 Å². The van der Waals surface area contributed by atoms with E-state index in [0.29, 0.717) is 20.2 Å². The summed E-state index contributed by atoms with van der Waals surface area (Å²) in [5, 5.41) is 10.0. The number of hydrogen-bond donors (Lipinski definition) is 2. The summed E-state index contributed by atoms with van der Waals surface area (Å²) in [5.74, 6) is -0.240. The van der Waals surface area contributed by atoms with Crippen molar-refractivity contribution in [3.8, 4) is 0 Å². The summed E-state index contributed by atoms with van der Waals surface area (Å²) in [6.07, 6.45) is 0. The minimum Gasteiger partial charge on any atom is -0.297 e. The molecule has 9 heteroatoms. The van der Waals surface area contributed by atoms with Crippen molar-refractivity contribution in [3.63, 3.8) is 0 Å². The van der Waals surface area contributed by atoms with Gasteiger partial charge in [0, 0.05) is 0 Å². The molecule has 3 N–H and O–H groups in total. The normalized spacial score (nSPS) is 11.7. The SMILES string of the molecule is NS(=O)(=O)c1ccc2nc(NC(=O)c3cccs3)sc2c1. The van der Waals surface area contributed by atoms with E-state index >= 15 is 0 Å². The number of benzene rings is 1. The van der Waals surface area contributed by atoms with Gasteiger partial charge in [0.05, 0.1) is 20.0 Å². The lowest BCUT2D eigenvalue weighted by molar-refractivity contribution is 0.103. The molecule has 3 aromatic rings. The largest absolute Gasteiger partial charge is 0.297 e. The molecule has 0 aliphatic heterocycles. The lowest BCUT2D eigenvalue weighted by Gasteiger charge is -1.96. The molecule has 0 aliphatic carbocycles. The number of nitrogens with two attached hydrogens (primary N) is 1. The smallest absolute Gasteiger partial charge is 0.267 e. The van der Waals surface area contributed by atoms with Crippen LogP contribution in [0.4, 0.5) is 5.13 Å². The highest BCUT2D eigenvalue weighted by Gasteiger charge is 2.13. The lowest BCUT2D eigenvalue weighted by atomic mass is 10.3. The third kappa shape index (κ3) is 2.95. The molecule has 21 heavy (non-hydrogen) atoms. The number of carbonyl (C=O) groups is 1. The number of hydrogen-bond acceptors (Lipinski definition) is 6. The highest BCUT2D eigenvalue weighted by atomic mass is 32.2. The predicted molar refractivity (Wildman–Crippen MR) is 83.3 cm³/mol. The van der Waals surface area contributed by atoms with E-state index in [1.165, 1.54) is 34.8 Å². The van der Waals surface area contributed by atoms with Gasteiger partial charge in [-0.2, -0.15) is 0 Å². The highest BCUT2D eigenvalue weighted by Crippen LogP contribution is 2.28. The monoisotopic (exact) mass is 339 g/mol. The van der Waals surface area contributed by atoms with Gasteiger partial charge >= 0.3 is 0 Å². The molecule has 1 amide bonds. The molecular weight excluding hydrogens is 330 g/mol. The van der Waals surface area contributed by atoms with Crippen molar-refractivity contribution in [2.45, 2.75) is 4.90 Å². The Morgan fingerprint density at radius 1 is 1.29 bits per heavy atom. The second-order valence-electron chi connectivity index (χ2n) is 4.12. The Kier molecular flexibility index (Phi) is 3.49. The molecule has 0 spiro atoms. The predicted octanol–water partition coefficient (Wildman–Crippen LogP) is 2.26. The van der Waals surface area contributed by atoms with Gasteiger partial charge in [0.15, 0.2) is 5.13 Å². The van der Waals surface area contributed by atoms with Crippen LogP contribution in [0.2, 0.25) is 0 Å². The number of thiazole rings is 1. The molecule has 0 radical (unpaired) electrons. The summed E-state index contributed by atoms with van der Waals surface area (Å²) >= 11 is 2.53. The van der Waals surface area contributed by atoms with Crippen LogP contribution >= 0.6 is 22.7 Å². The van der Waals surface area contributed by atoms with E-state index in [1.54, 1.807) is 18.2 Å². The number of primary sulfonamides is 1. The zero-order valence-electron chi connectivity index (χ0n) is 10.4. The molecule has 0 saturated carbocycles. The first kappa shape index (κ1) is 14.1. The van der Waals surface area contributed by atoms with E-state index in [1.807, 2.05) is 5.38 Å². The van der Waals surface area contributed by atoms with E-state index in [9.17, 15) is 13.2 Å². The first-order chi connectivity index (χ1) is 9.93. The molecule has 0 unspecified atom stereocenters. The fourth-order valence-electron chi connectivity index (χ4n) is 1.70. The number of anilines is 1. The number of fused-ring (bicyclic) bond motifs is 1. The van der Waals surface area contributed by atoms with E-state index in [4.69, 9.17) is 5.14 Å². The first-order valence-corrected chi connectivity index (χ1v) is 8.96. The first-order valence-electron chi connectivity index (χ1n) is 5.72. The van der Waals surface area contributed by atoms with Gasteiger partial charge in [-0.15, -0.1) is 11.3 Å². The van der Waals surface area contributed by atoms with Gasteiger partial charge in [0.25, 0.3) is 5.91 Å². The number of carbonyl (C=O) groups excluding carboxylic acids is 1. The van der Waals surface area contributed by atoms with Crippen LogP contribution in [-0.2, 0) is 10.0 Å².